The fourth-order valence-electron chi connectivity index (χ4n) is 7.41. The van der Waals surface area contributed by atoms with E-state index in [2.05, 4.69) is 4.98 Å². The molecule has 4 saturated heterocycles. The van der Waals surface area contributed by atoms with Crippen LogP contribution in [0.2, 0.25) is 0 Å². The molecule has 5 heterocycles. The van der Waals surface area contributed by atoms with Crippen molar-refractivity contribution in [1.82, 2.24) is 4.98 Å². The lowest BCUT2D eigenvalue weighted by Gasteiger charge is -2.50. The van der Waals surface area contributed by atoms with Gasteiger partial charge in [0.1, 0.15) is 62.6 Å². The van der Waals surface area contributed by atoms with Gasteiger partial charge in [0.05, 0.1) is 19.1 Å². The fourth-order valence-corrected chi connectivity index (χ4v) is 12.2. The van der Waals surface area contributed by atoms with E-state index in [4.69, 9.17) is 54.8 Å². The van der Waals surface area contributed by atoms with E-state index >= 15 is 0 Å². The molecular formula is C43H51NO14S5. The molecule has 0 radical (unpaired) electrons. The standard InChI is InChI=1S/C43H51NO14S5/c1-4-60-42(59)62-43(3,21-24(2)36(48)50-19-20-61-63-29-17-11-12-18-44-29)41(49)57-35-32(47)34-28(23-52-38(56-34)26-15-9-6-10-16-26)54-40(35)58-39-31(46)30(45)33-27(53-39)22-51-37(55-33)25-13-7-5-8-14-25/h5-18,24,27-28,30-35,37-40,45-47H,4,19-23H2,1-3H3/t24?,27-,28-,30-,31-,32+,33-,34-,35-,37?,38?,39-,40-,43?/m1/s1. The first-order valence-corrected chi connectivity index (χ1v) is 25.1. The molecule has 2 aromatic carbocycles. The number of pyridine rings is 1. The zero-order chi connectivity index (χ0) is 44.5. The first-order chi connectivity index (χ1) is 30.4. The number of rotatable bonds is 16. The highest BCUT2D eigenvalue weighted by atomic mass is 33.1. The number of thiocarbonyl (C=S) groups is 1. The summed E-state index contributed by atoms with van der Waals surface area (Å²) in [5, 5.41) is 35.7. The minimum Gasteiger partial charge on any atom is -0.465 e. The van der Waals surface area contributed by atoms with Crippen molar-refractivity contribution in [2.24, 2.45) is 5.92 Å². The maximum Gasteiger partial charge on any atom is 0.322 e. The summed E-state index contributed by atoms with van der Waals surface area (Å²) in [4.78, 5) is 32.2. The largest absolute Gasteiger partial charge is 0.465 e. The fraction of sp³-hybridized carbons (Fsp3) is 0.535. The summed E-state index contributed by atoms with van der Waals surface area (Å²) in [5.41, 5.74) is 1.42. The van der Waals surface area contributed by atoms with Crippen molar-refractivity contribution in [3.05, 3.63) is 96.2 Å². The molecule has 0 amide bonds. The van der Waals surface area contributed by atoms with Crippen molar-refractivity contribution >= 4 is 72.8 Å². The van der Waals surface area contributed by atoms with E-state index in [1.807, 2.05) is 85.8 Å². The van der Waals surface area contributed by atoms with Gasteiger partial charge in [0.15, 0.2) is 25.0 Å². The van der Waals surface area contributed by atoms with Crippen molar-refractivity contribution in [2.45, 2.75) is 111 Å². The number of hydrogen-bond donors (Lipinski definition) is 3. The number of nitrogens with zero attached hydrogens (tertiary/aromatic N) is 1. The van der Waals surface area contributed by atoms with Crippen LogP contribution in [0.15, 0.2) is 90.1 Å². The number of benzene rings is 2. The van der Waals surface area contributed by atoms with Crippen LogP contribution in [0.5, 0.6) is 0 Å². The predicted molar refractivity (Wildman–Crippen MR) is 240 cm³/mol. The molecule has 20 heteroatoms. The van der Waals surface area contributed by atoms with Gasteiger partial charge in [-0.25, -0.2) is 4.98 Å². The molecule has 1 aromatic heterocycles. The number of aliphatic hydroxyl groups excluding tert-OH is 3. The third kappa shape index (κ3) is 12.3. The molecule has 3 N–H and O–H groups in total. The van der Waals surface area contributed by atoms with Gasteiger partial charge in [-0.05, 0) is 42.0 Å². The molecule has 4 unspecified atom stereocenters. The molecule has 342 valence electrons. The summed E-state index contributed by atoms with van der Waals surface area (Å²) in [6.45, 7) is 5.30. The highest BCUT2D eigenvalue weighted by Gasteiger charge is 2.56. The van der Waals surface area contributed by atoms with E-state index < -0.39 is 96.6 Å². The van der Waals surface area contributed by atoms with Crippen molar-refractivity contribution in [2.75, 3.05) is 31.3 Å². The quantitative estimate of drug-likeness (QED) is 0.0694. The zero-order valence-corrected chi connectivity index (χ0v) is 38.7. The van der Waals surface area contributed by atoms with Crippen LogP contribution in [0.3, 0.4) is 0 Å². The third-order valence-corrected chi connectivity index (χ3v) is 15.5. The third-order valence-electron chi connectivity index (χ3n) is 10.6. The van der Waals surface area contributed by atoms with Crippen LogP contribution in [0, 0.1) is 5.92 Å². The Morgan fingerprint density at radius 3 is 2.05 bits per heavy atom. The monoisotopic (exact) mass is 965 g/mol. The van der Waals surface area contributed by atoms with Gasteiger partial charge in [-0.2, -0.15) is 0 Å². The second kappa shape index (κ2) is 22.9. The van der Waals surface area contributed by atoms with Crippen LogP contribution in [0.25, 0.3) is 0 Å². The van der Waals surface area contributed by atoms with Crippen LogP contribution >= 0.6 is 57.3 Å². The van der Waals surface area contributed by atoms with Gasteiger partial charge >= 0.3 is 11.9 Å². The van der Waals surface area contributed by atoms with Crippen LogP contribution in [0.4, 0.5) is 0 Å². The summed E-state index contributed by atoms with van der Waals surface area (Å²) in [6.07, 6.45) is -13.3. The first-order valence-electron chi connectivity index (χ1n) is 20.5. The molecule has 4 fully saturated rings. The molecule has 4 aliphatic rings. The van der Waals surface area contributed by atoms with Gasteiger partial charge in [-0.3, -0.25) is 9.59 Å². The second-order valence-corrected chi connectivity index (χ2v) is 21.7. The van der Waals surface area contributed by atoms with Crippen molar-refractivity contribution in [3.8, 4) is 0 Å². The zero-order valence-electron chi connectivity index (χ0n) is 34.7. The van der Waals surface area contributed by atoms with E-state index in [1.165, 1.54) is 33.3 Å². The molecule has 14 atom stereocenters. The van der Waals surface area contributed by atoms with Crippen molar-refractivity contribution in [3.63, 3.8) is 0 Å². The number of carbonyl (C=O) groups excluding carboxylic acids is 2. The Bertz CT molecular complexity index is 1940. The van der Waals surface area contributed by atoms with Gasteiger partial charge in [-0.15, -0.1) is 11.8 Å². The highest BCUT2D eigenvalue weighted by Crippen LogP contribution is 2.42. The molecule has 0 aliphatic carbocycles. The second-order valence-electron chi connectivity index (χ2n) is 15.3. The number of aliphatic hydroxyl groups is 3. The minimum atomic E-state index is -1.67. The van der Waals surface area contributed by atoms with Crippen molar-refractivity contribution < 1.29 is 67.5 Å². The average Bonchev–Trinajstić information content (AvgIpc) is 3.29. The van der Waals surface area contributed by atoms with Crippen molar-refractivity contribution in [1.29, 1.82) is 0 Å². The Hall–Kier alpha value is -2.38. The molecule has 3 aromatic rings. The number of thioether (sulfide) groups is 2. The summed E-state index contributed by atoms with van der Waals surface area (Å²) in [6, 6.07) is 23.9. The minimum absolute atomic E-state index is 0.0114. The Kier molecular flexibility index (Phi) is 17.6. The molecule has 0 bridgehead atoms. The number of aromatic nitrogens is 1. The summed E-state index contributed by atoms with van der Waals surface area (Å²) >= 11 is 8.08. The SMILES string of the molecule is CCSC(=S)SC(C)(CC(C)C(=O)OCCSSc1ccccn1)C(=O)O[C@H]1[C@@H](O[C@H]2O[C@@H]3COC(c4ccccc4)O[C@H]3[C@H](O)[C@H]2O)O[C@@H]2COC(c3ccccc3)O[C@H]2[C@@H]1O. The Labute approximate surface area is 387 Å². The lowest BCUT2D eigenvalue weighted by molar-refractivity contribution is -0.412. The Balaban J connectivity index is 1.07. The van der Waals surface area contributed by atoms with E-state index in [0.717, 1.165) is 22.4 Å². The van der Waals surface area contributed by atoms with Gasteiger partial charge < -0.3 is 58.0 Å². The Morgan fingerprint density at radius 2 is 1.44 bits per heavy atom. The van der Waals surface area contributed by atoms with Crippen LogP contribution in [-0.2, 0) is 52.2 Å². The number of hydrogen-bond acceptors (Lipinski definition) is 20. The number of fused-ring (bicyclic) bond motifs is 2. The lowest BCUT2D eigenvalue weighted by atomic mass is 9.95. The van der Waals surface area contributed by atoms with E-state index in [1.54, 1.807) is 20.0 Å². The molecule has 7 rings (SSSR count). The Morgan fingerprint density at radius 1 is 0.841 bits per heavy atom. The molecule has 4 aliphatic heterocycles. The first kappa shape index (κ1) is 48.6. The van der Waals surface area contributed by atoms with Gasteiger partial charge in [0, 0.05) is 23.1 Å². The van der Waals surface area contributed by atoms with Gasteiger partial charge in [0.25, 0.3) is 0 Å². The maximum atomic E-state index is 14.6. The van der Waals surface area contributed by atoms with E-state index in [0.29, 0.717) is 20.6 Å². The molecule has 15 nitrogen and oxygen atoms in total. The van der Waals surface area contributed by atoms with Crippen LogP contribution < -0.4 is 0 Å². The molecule has 63 heavy (non-hydrogen) atoms. The number of esters is 2. The normalized spacial score (nSPS) is 32.0. The van der Waals surface area contributed by atoms with Crippen LogP contribution in [-0.4, -0.2) is 133 Å². The van der Waals surface area contributed by atoms with Gasteiger partial charge in [0.2, 0.25) is 6.29 Å². The van der Waals surface area contributed by atoms with Crippen LogP contribution in [0.1, 0.15) is 50.9 Å². The topological polar surface area (TPSA) is 191 Å². The molecule has 0 spiro atoms. The number of carbonyl (C=O) groups is 2. The smallest absolute Gasteiger partial charge is 0.322 e. The molecule has 0 saturated carbocycles. The summed E-state index contributed by atoms with van der Waals surface area (Å²) < 4.78 is 53.7. The van der Waals surface area contributed by atoms with E-state index in [9.17, 15) is 24.9 Å². The summed E-state index contributed by atoms with van der Waals surface area (Å²) in [5.74, 6) is -0.955. The van der Waals surface area contributed by atoms with E-state index in [-0.39, 0.29) is 26.2 Å². The highest BCUT2D eigenvalue weighted by molar-refractivity contribution is 8.76. The van der Waals surface area contributed by atoms with Gasteiger partial charge in [-0.1, -0.05) is 115 Å². The summed E-state index contributed by atoms with van der Waals surface area (Å²) in [7, 11) is 2.97. The predicted octanol–water partition coefficient (Wildman–Crippen LogP) is 5.61. The lowest BCUT2D eigenvalue weighted by Crippen LogP contribution is -2.67. The number of ether oxygens (including phenoxy) is 9. The maximum absolute atomic E-state index is 14.6. The molecular weight excluding hydrogens is 915 g/mol. The average molecular weight is 966 g/mol.